The zero-order valence-electron chi connectivity index (χ0n) is 16.3. The average Bonchev–Trinajstić information content (AvgIpc) is 2.42. The normalized spacial score (nSPS) is 35.0. The first-order valence-corrected chi connectivity index (χ1v) is 11.6. The Hall–Kier alpha value is 0.330. The standard InChI is InChI=1S/C17H30IN3O2S2/c1-8-12(4)13(5)20-15(23)10-16(6,7)24-21(20)19-14(22)9-17(18,25-21)11(2)3/h11-13H,8-10H2,1-7H3/p+1. The second-order valence-electron chi connectivity index (χ2n) is 8.16. The number of carbonyl (C=O) groups excluding carboxylic acids is 2. The summed E-state index contributed by atoms with van der Waals surface area (Å²) in [5.74, 6) is 0.818. The van der Waals surface area contributed by atoms with Crippen LogP contribution in [0.1, 0.15) is 67.7 Å². The van der Waals surface area contributed by atoms with Crippen LogP contribution in [-0.2, 0) is 9.59 Å². The molecule has 2 aliphatic heterocycles. The van der Waals surface area contributed by atoms with Crippen molar-refractivity contribution in [2.45, 2.75) is 81.3 Å². The monoisotopic (exact) mass is 500 g/mol. The third kappa shape index (κ3) is 4.27. The van der Waals surface area contributed by atoms with Gasteiger partial charge in [-0.2, -0.15) is 5.43 Å². The first-order chi connectivity index (χ1) is 11.4. The highest BCUT2D eigenvalue weighted by Gasteiger charge is 2.63. The quantitative estimate of drug-likeness (QED) is 0.264. The van der Waals surface area contributed by atoms with Gasteiger partial charge in [-0.3, -0.25) is 9.59 Å². The van der Waals surface area contributed by atoms with E-state index in [1.165, 1.54) is 0 Å². The van der Waals surface area contributed by atoms with Crippen LogP contribution in [0.15, 0.2) is 0 Å². The Morgan fingerprint density at radius 1 is 1.20 bits per heavy atom. The Kier molecular flexibility index (Phi) is 6.39. The Morgan fingerprint density at radius 2 is 1.80 bits per heavy atom. The van der Waals surface area contributed by atoms with E-state index in [4.69, 9.17) is 0 Å². The Balaban J connectivity index is 2.52. The average molecular weight is 500 g/mol. The molecule has 4 atom stereocenters. The van der Waals surface area contributed by atoms with Crippen molar-refractivity contribution >= 4 is 58.3 Å². The van der Waals surface area contributed by atoms with Crippen LogP contribution in [0.2, 0.25) is 0 Å². The van der Waals surface area contributed by atoms with Crippen LogP contribution in [0.3, 0.4) is 0 Å². The highest BCUT2D eigenvalue weighted by Crippen LogP contribution is 2.58. The largest absolute Gasteiger partial charge is 0.273 e. The Labute approximate surface area is 174 Å². The number of quaternary nitrogens is 1. The number of nitrogens with zero attached hydrogens (tertiary/aromatic N) is 2. The molecule has 2 fully saturated rings. The van der Waals surface area contributed by atoms with Gasteiger partial charge in [-0.15, -0.1) is 5.01 Å². The molecule has 1 N–H and O–H groups in total. The molecule has 0 aromatic rings. The van der Waals surface area contributed by atoms with Crippen LogP contribution in [0.4, 0.5) is 0 Å². The summed E-state index contributed by atoms with van der Waals surface area (Å²) in [4.78, 5) is 25.8. The second-order valence-corrected chi connectivity index (χ2v) is 14.3. The van der Waals surface area contributed by atoms with E-state index in [9.17, 15) is 9.59 Å². The van der Waals surface area contributed by atoms with Crippen LogP contribution in [0.5, 0.6) is 0 Å². The topological polar surface area (TPSA) is 49.4 Å². The van der Waals surface area contributed by atoms with E-state index < -0.39 is 0 Å². The number of hydrogen-bond acceptors (Lipinski definition) is 4. The lowest BCUT2D eigenvalue weighted by Crippen LogP contribution is -2.73. The summed E-state index contributed by atoms with van der Waals surface area (Å²) in [7, 11) is 0. The van der Waals surface area contributed by atoms with Gasteiger partial charge in [-0.25, -0.2) is 0 Å². The number of halogens is 1. The zero-order chi connectivity index (χ0) is 19.2. The molecule has 2 amide bonds. The molecule has 25 heavy (non-hydrogen) atoms. The first kappa shape index (κ1) is 21.6. The van der Waals surface area contributed by atoms with Crippen LogP contribution >= 0.6 is 46.5 Å². The van der Waals surface area contributed by atoms with Crippen molar-refractivity contribution in [3.63, 3.8) is 0 Å². The summed E-state index contributed by atoms with van der Waals surface area (Å²) in [5.41, 5.74) is 3.16. The number of carbonyl (C=O) groups is 2. The summed E-state index contributed by atoms with van der Waals surface area (Å²) in [6.07, 6.45) is 1.96. The van der Waals surface area contributed by atoms with Crippen molar-refractivity contribution in [1.29, 1.82) is 0 Å². The highest BCUT2D eigenvalue weighted by molar-refractivity contribution is 14.1. The van der Waals surface area contributed by atoms with E-state index in [1.54, 1.807) is 23.9 Å². The van der Waals surface area contributed by atoms with E-state index in [0.29, 0.717) is 24.7 Å². The number of alkyl halides is 1. The van der Waals surface area contributed by atoms with Gasteiger partial charge in [0.2, 0.25) is 0 Å². The molecular weight excluding hydrogens is 469 g/mol. The van der Waals surface area contributed by atoms with Crippen LogP contribution in [0, 0.1) is 11.8 Å². The van der Waals surface area contributed by atoms with Gasteiger partial charge in [0.1, 0.15) is 14.7 Å². The van der Waals surface area contributed by atoms with E-state index in [2.05, 4.69) is 76.5 Å². The van der Waals surface area contributed by atoms with Crippen molar-refractivity contribution in [2.75, 3.05) is 0 Å². The second kappa shape index (κ2) is 7.39. The van der Waals surface area contributed by atoms with E-state index >= 15 is 0 Å². The van der Waals surface area contributed by atoms with Gasteiger partial charge in [-0.05, 0) is 32.6 Å². The molecular formula is C17H31IN3O2S2+. The maximum atomic E-state index is 13.2. The molecule has 0 bridgehead atoms. The predicted octanol–water partition coefficient (Wildman–Crippen LogP) is 4.68. The third-order valence-electron chi connectivity index (χ3n) is 5.15. The summed E-state index contributed by atoms with van der Waals surface area (Å²) < 4.78 is -0.347. The molecule has 0 aromatic heterocycles. The van der Waals surface area contributed by atoms with Gasteiger partial charge in [0.05, 0.1) is 23.6 Å². The molecule has 2 heterocycles. The van der Waals surface area contributed by atoms with Crippen LogP contribution in [0.25, 0.3) is 0 Å². The molecule has 0 radical (unpaired) electrons. The summed E-state index contributed by atoms with van der Waals surface area (Å²) in [6.45, 7) is 14.9. The fraction of sp³-hybridized carbons (Fsp3) is 0.882. The molecule has 2 aliphatic rings. The fourth-order valence-electron chi connectivity index (χ4n) is 3.18. The third-order valence-corrected chi connectivity index (χ3v) is 10.4. The highest BCUT2D eigenvalue weighted by atomic mass is 127. The Bertz CT molecular complexity index is 560. The zero-order valence-corrected chi connectivity index (χ0v) is 20.0. The van der Waals surface area contributed by atoms with Gasteiger partial charge in [0.25, 0.3) is 11.8 Å². The van der Waals surface area contributed by atoms with E-state index in [1.807, 2.05) is 5.01 Å². The molecule has 8 heteroatoms. The molecule has 2 saturated heterocycles. The minimum Gasteiger partial charge on any atom is -0.270 e. The Morgan fingerprint density at radius 3 is 2.32 bits per heavy atom. The SMILES string of the molecule is CCC(C)C(C)N1C(=O)CC(C)(C)S[N+]12NC(=O)CC(I)(C(C)C)S2. The predicted molar refractivity (Wildman–Crippen MR) is 114 cm³/mol. The number of nitrogens with one attached hydrogen (secondary N) is 1. The molecule has 2 rings (SSSR count). The molecule has 1 spiro atoms. The summed E-state index contributed by atoms with van der Waals surface area (Å²) in [6, 6.07) is 0.0554. The molecule has 0 aliphatic carbocycles. The molecule has 4 unspecified atom stereocenters. The number of rotatable bonds is 4. The number of hydrogen-bond donors (Lipinski definition) is 1. The summed E-state index contributed by atoms with van der Waals surface area (Å²) in [5, 5.41) is 1.92. The maximum absolute atomic E-state index is 13.2. The van der Waals surface area contributed by atoms with Crippen molar-refractivity contribution in [3.05, 3.63) is 0 Å². The number of amides is 2. The van der Waals surface area contributed by atoms with E-state index in [-0.39, 0.29) is 28.9 Å². The van der Waals surface area contributed by atoms with Gasteiger partial charge < -0.3 is 0 Å². The minimum atomic E-state index is -0.242. The van der Waals surface area contributed by atoms with Crippen LogP contribution < -0.4 is 5.43 Å². The first-order valence-electron chi connectivity index (χ1n) is 8.99. The van der Waals surface area contributed by atoms with Gasteiger partial charge >= 0.3 is 0 Å². The maximum Gasteiger partial charge on any atom is 0.273 e. The lowest BCUT2D eigenvalue weighted by atomic mass is 9.99. The van der Waals surface area contributed by atoms with Crippen molar-refractivity contribution < 1.29 is 13.1 Å². The summed E-state index contributed by atoms with van der Waals surface area (Å²) >= 11 is 5.79. The van der Waals surface area contributed by atoms with Gasteiger partial charge in [0, 0.05) is 3.51 Å². The molecule has 5 nitrogen and oxygen atoms in total. The molecule has 0 saturated carbocycles. The van der Waals surface area contributed by atoms with Crippen molar-refractivity contribution in [1.82, 2.24) is 10.4 Å². The minimum absolute atomic E-state index is 0.0150. The van der Waals surface area contributed by atoms with Gasteiger partial charge in [-0.1, -0.05) is 56.7 Å². The van der Waals surface area contributed by atoms with E-state index in [0.717, 1.165) is 6.42 Å². The van der Waals surface area contributed by atoms with Crippen molar-refractivity contribution in [3.8, 4) is 0 Å². The smallest absolute Gasteiger partial charge is 0.270 e. The van der Waals surface area contributed by atoms with Gasteiger partial charge in [0.15, 0.2) is 11.9 Å². The fourth-order valence-corrected chi connectivity index (χ4v) is 8.56. The molecule has 144 valence electrons. The molecule has 0 aromatic carbocycles. The van der Waals surface area contributed by atoms with Crippen LogP contribution in [-0.4, -0.2) is 33.9 Å². The lowest BCUT2D eigenvalue weighted by molar-refractivity contribution is -0.824. The lowest BCUT2D eigenvalue weighted by Gasteiger charge is -2.53. The van der Waals surface area contributed by atoms with Crippen molar-refractivity contribution in [2.24, 2.45) is 11.8 Å².